The third-order valence-electron chi connectivity index (χ3n) is 7.19. The van der Waals surface area contributed by atoms with Crippen molar-refractivity contribution in [2.45, 2.75) is 72.3 Å². The van der Waals surface area contributed by atoms with Gasteiger partial charge >= 0.3 is 12.0 Å². The number of hydrogen-bond donors (Lipinski definition) is 2. The zero-order valence-electron chi connectivity index (χ0n) is 22.7. The minimum Gasteiger partial charge on any atom is -0.492 e. The number of nitrogens with one attached hydrogen (secondary N) is 1. The Morgan fingerprint density at radius 3 is 2.35 bits per heavy atom. The SMILES string of the molecule is CCOC(Cc1ccc(OCCN(CC2CCCCC2)C(=O)Nc2cc(C)c(C)cc2C)cc1)C(=O)O. The maximum atomic E-state index is 13.3. The molecule has 1 aliphatic carbocycles. The van der Waals surface area contributed by atoms with Gasteiger partial charge in [0, 0.05) is 25.3 Å². The van der Waals surface area contributed by atoms with Gasteiger partial charge in [-0.25, -0.2) is 9.59 Å². The molecule has 1 saturated carbocycles. The van der Waals surface area contributed by atoms with Crippen molar-refractivity contribution in [2.75, 3.05) is 31.6 Å². The van der Waals surface area contributed by atoms with Crippen LogP contribution in [0.3, 0.4) is 0 Å². The van der Waals surface area contributed by atoms with E-state index in [1.54, 1.807) is 6.92 Å². The molecule has 2 amide bonds. The molecule has 1 aliphatic rings. The van der Waals surface area contributed by atoms with E-state index in [9.17, 15) is 14.7 Å². The molecule has 2 aromatic rings. The van der Waals surface area contributed by atoms with Gasteiger partial charge < -0.3 is 24.8 Å². The number of carbonyl (C=O) groups excluding carboxylic acids is 1. The van der Waals surface area contributed by atoms with Crippen LogP contribution in [0.5, 0.6) is 5.75 Å². The van der Waals surface area contributed by atoms with Crippen molar-refractivity contribution in [1.82, 2.24) is 4.90 Å². The number of anilines is 1. The first-order chi connectivity index (χ1) is 17.8. The number of aliphatic carboxylic acids is 1. The van der Waals surface area contributed by atoms with Gasteiger partial charge in [-0.2, -0.15) is 0 Å². The molecule has 1 unspecified atom stereocenters. The summed E-state index contributed by atoms with van der Waals surface area (Å²) in [6.45, 7) is 9.89. The predicted molar refractivity (Wildman–Crippen MR) is 147 cm³/mol. The van der Waals surface area contributed by atoms with Crippen molar-refractivity contribution in [3.8, 4) is 5.75 Å². The lowest BCUT2D eigenvalue weighted by atomic mass is 9.89. The average Bonchev–Trinajstić information content (AvgIpc) is 2.88. The molecule has 0 saturated heterocycles. The van der Waals surface area contributed by atoms with Crippen molar-refractivity contribution in [3.63, 3.8) is 0 Å². The Labute approximate surface area is 221 Å². The number of carboxylic acid groups (broad SMARTS) is 1. The quantitative estimate of drug-likeness (QED) is 0.358. The third-order valence-corrected chi connectivity index (χ3v) is 7.19. The number of urea groups is 1. The predicted octanol–water partition coefficient (Wildman–Crippen LogP) is 6.14. The molecule has 3 rings (SSSR count). The minimum absolute atomic E-state index is 0.0912. The monoisotopic (exact) mass is 510 g/mol. The highest BCUT2D eigenvalue weighted by molar-refractivity contribution is 5.90. The molecule has 0 bridgehead atoms. The first-order valence-corrected chi connectivity index (χ1v) is 13.5. The fourth-order valence-electron chi connectivity index (χ4n) is 4.87. The van der Waals surface area contributed by atoms with E-state index in [0.29, 0.717) is 37.8 Å². The van der Waals surface area contributed by atoms with Gasteiger partial charge in [-0.1, -0.05) is 37.5 Å². The first-order valence-electron chi connectivity index (χ1n) is 13.5. The molecule has 0 spiro atoms. The van der Waals surface area contributed by atoms with E-state index < -0.39 is 12.1 Å². The highest BCUT2D eigenvalue weighted by Crippen LogP contribution is 2.25. The number of ether oxygens (including phenoxy) is 2. The molecule has 1 atom stereocenters. The highest BCUT2D eigenvalue weighted by atomic mass is 16.5. The fraction of sp³-hybridized carbons (Fsp3) is 0.533. The summed E-state index contributed by atoms with van der Waals surface area (Å²) in [5.41, 5.74) is 5.15. The molecule has 37 heavy (non-hydrogen) atoms. The molecule has 2 N–H and O–H groups in total. The molecule has 0 heterocycles. The molecular formula is C30H42N2O5. The van der Waals surface area contributed by atoms with Crippen molar-refractivity contribution in [3.05, 3.63) is 58.7 Å². The molecule has 0 aromatic heterocycles. The van der Waals surface area contributed by atoms with E-state index in [1.165, 1.54) is 24.8 Å². The lowest BCUT2D eigenvalue weighted by Crippen LogP contribution is -2.41. The van der Waals surface area contributed by atoms with Crippen molar-refractivity contribution >= 4 is 17.7 Å². The summed E-state index contributed by atoms with van der Waals surface area (Å²) in [6.07, 6.45) is 5.50. The van der Waals surface area contributed by atoms with Crippen LogP contribution in [0.2, 0.25) is 0 Å². The van der Waals surface area contributed by atoms with Gasteiger partial charge in [-0.15, -0.1) is 0 Å². The van der Waals surface area contributed by atoms with Gasteiger partial charge in [0.2, 0.25) is 0 Å². The number of amides is 2. The third kappa shape index (κ3) is 8.78. The van der Waals surface area contributed by atoms with Crippen LogP contribution in [0.1, 0.15) is 61.3 Å². The smallest absolute Gasteiger partial charge is 0.333 e. The first kappa shape index (κ1) is 28.5. The molecule has 7 nitrogen and oxygen atoms in total. The minimum atomic E-state index is -0.963. The van der Waals surface area contributed by atoms with Crippen molar-refractivity contribution in [2.24, 2.45) is 5.92 Å². The molecule has 0 radical (unpaired) electrons. The molecular weight excluding hydrogens is 468 g/mol. The number of hydrogen-bond acceptors (Lipinski definition) is 4. The Hall–Kier alpha value is -3.06. The summed E-state index contributed by atoms with van der Waals surface area (Å²) in [4.78, 5) is 26.6. The lowest BCUT2D eigenvalue weighted by molar-refractivity contribution is -0.149. The van der Waals surface area contributed by atoms with Crippen molar-refractivity contribution < 1.29 is 24.2 Å². The van der Waals surface area contributed by atoms with Crippen LogP contribution in [0.15, 0.2) is 36.4 Å². The number of carboxylic acids is 1. The van der Waals surface area contributed by atoms with Crippen LogP contribution in [0.25, 0.3) is 0 Å². The van der Waals surface area contributed by atoms with E-state index >= 15 is 0 Å². The zero-order chi connectivity index (χ0) is 26.8. The van der Waals surface area contributed by atoms with Gasteiger partial charge in [0.15, 0.2) is 6.10 Å². The summed E-state index contributed by atoms with van der Waals surface area (Å²) in [6, 6.07) is 11.5. The highest BCUT2D eigenvalue weighted by Gasteiger charge is 2.22. The van der Waals surface area contributed by atoms with Crippen LogP contribution in [-0.2, 0) is 16.0 Å². The van der Waals surface area contributed by atoms with E-state index in [1.807, 2.05) is 42.2 Å². The second-order valence-electron chi connectivity index (χ2n) is 10.1. The number of benzene rings is 2. The second-order valence-corrected chi connectivity index (χ2v) is 10.1. The molecule has 7 heteroatoms. The van der Waals surface area contributed by atoms with Gasteiger partial charge in [-0.05, 0) is 86.9 Å². The standard InChI is InChI=1S/C30H42N2O5/c1-5-36-28(29(33)34)19-24-11-13-26(14-12-24)37-16-15-32(20-25-9-7-6-8-10-25)30(35)31-27-18-22(3)21(2)17-23(27)4/h11-14,17-18,25,28H,5-10,15-16,19-20H2,1-4H3,(H,31,35)(H,33,34). The molecule has 1 fully saturated rings. The van der Waals surface area contributed by atoms with Crippen LogP contribution < -0.4 is 10.1 Å². The normalized spacial score (nSPS) is 14.7. The Kier molecular flexibility index (Phi) is 10.8. The summed E-state index contributed by atoms with van der Waals surface area (Å²) < 4.78 is 11.3. The van der Waals surface area contributed by atoms with Crippen LogP contribution in [0.4, 0.5) is 10.5 Å². The van der Waals surface area contributed by atoms with E-state index in [0.717, 1.165) is 41.8 Å². The van der Waals surface area contributed by atoms with E-state index in [-0.39, 0.29) is 6.03 Å². The summed E-state index contributed by atoms with van der Waals surface area (Å²) >= 11 is 0. The van der Waals surface area contributed by atoms with Crippen LogP contribution >= 0.6 is 0 Å². The Morgan fingerprint density at radius 2 is 1.70 bits per heavy atom. The zero-order valence-corrected chi connectivity index (χ0v) is 22.7. The van der Waals surface area contributed by atoms with Gasteiger partial charge in [-0.3, -0.25) is 0 Å². The molecule has 2 aromatic carbocycles. The van der Waals surface area contributed by atoms with E-state index in [2.05, 4.69) is 25.2 Å². The number of rotatable bonds is 12. The van der Waals surface area contributed by atoms with Gasteiger partial charge in [0.25, 0.3) is 0 Å². The number of nitrogens with zero attached hydrogens (tertiary/aromatic N) is 1. The van der Waals surface area contributed by atoms with Gasteiger partial charge in [0.1, 0.15) is 12.4 Å². The molecule has 202 valence electrons. The maximum Gasteiger partial charge on any atom is 0.333 e. The van der Waals surface area contributed by atoms with Crippen LogP contribution in [0, 0.1) is 26.7 Å². The fourth-order valence-corrected chi connectivity index (χ4v) is 4.87. The Morgan fingerprint density at radius 1 is 1.03 bits per heavy atom. The summed E-state index contributed by atoms with van der Waals surface area (Å²) in [7, 11) is 0. The summed E-state index contributed by atoms with van der Waals surface area (Å²) in [5.74, 6) is 0.247. The van der Waals surface area contributed by atoms with Crippen LogP contribution in [-0.4, -0.2) is 54.4 Å². The number of carbonyl (C=O) groups is 2. The molecule has 0 aliphatic heterocycles. The topological polar surface area (TPSA) is 88.1 Å². The van der Waals surface area contributed by atoms with Gasteiger partial charge in [0.05, 0.1) is 6.54 Å². The van der Waals surface area contributed by atoms with Crippen molar-refractivity contribution in [1.29, 1.82) is 0 Å². The van der Waals surface area contributed by atoms with E-state index in [4.69, 9.17) is 9.47 Å². The second kappa shape index (κ2) is 14.0. The largest absolute Gasteiger partial charge is 0.492 e. The Bertz CT molecular complexity index is 1030. The lowest BCUT2D eigenvalue weighted by Gasteiger charge is -2.30. The Balaban J connectivity index is 1.60. The summed E-state index contributed by atoms with van der Waals surface area (Å²) in [5, 5.41) is 12.4. The number of aryl methyl sites for hydroxylation is 3. The maximum absolute atomic E-state index is 13.3. The average molecular weight is 511 g/mol.